The lowest BCUT2D eigenvalue weighted by atomic mass is 10.3. The molecule has 0 saturated carbocycles. The third-order valence-corrected chi connectivity index (χ3v) is 4.29. The second kappa shape index (κ2) is 7.85. The molecule has 1 atom stereocenters. The van der Waals surface area contributed by atoms with Gasteiger partial charge in [0.25, 0.3) is 5.91 Å². The van der Waals surface area contributed by atoms with E-state index in [9.17, 15) is 4.79 Å². The van der Waals surface area contributed by atoms with Gasteiger partial charge in [-0.1, -0.05) is 11.6 Å². The number of halogens is 2. The number of pyridine rings is 1. The number of nitrogens with one attached hydrogen (secondary N) is 1. The van der Waals surface area contributed by atoms with Crippen molar-refractivity contribution in [2.24, 2.45) is 0 Å². The first kappa shape index (κ1) is 17.1. The summed E-state index contributed by atoms with van der Waals surface area (Å²) in [7, 11) is 0. The van der Waals surface area contributed by atoms with E-state index in [0.29, 0.717) is 20.9 Å². The Morgan fingerprint density at radius 1 is 1.41 bits per heavy atom. The Hall–Kier alpha value is -1.24. The molecule has 1 aromatic carbocycles. The largest absolute Gasteiger partial charge is 0.480 e. The smallest absolute Gasteiger partial charge is 0.265 e. The van der Waals surface area contributed by atoms with Crippen LogP contribution in [0.3, 0.4) is 0 Å². The summed E-state index contributed by atoms with van der Waals surface area (Å²) in [6, 6.07) is 8.79. The highest BCUT2D eigenvalue weighted by atomic mass is 79.9. The summed E-state index contributed by atoms with van der Waals surface area (Å²) >= 11 is 10.8. The van der Waals surface area contributed by atoms with Gasteiger partial charge in [-0.25, -0.2) is 4.98 Å². The summed E-state index contributed by atoms with van der Waals surface area (Å²) in [5.74, 6) is 0.309. The molecule has 7 heteroatoms. The molecule has 2 rings (SSSR count). The summed E-state index contributed by atoms with van der Waals surface area (Å²) in [5, 5.41) is 4.26. The fourth-order valence-corrected chi connectivity index (χ4v) is 2.77. The molecular formula is C15H14BrClN2O2S. The molecule has 0 bridgehead atoms. The van der Waals surface area contributed by atoms with E-state index >= 15 is 0 Å². The molecule has 0 spiro atoms. The molecule has 1 amide bonds. The van der Waals surface area contributed by atoms with Crippen LogP contribution in [0.15, 0.2) is 46.0 Å². The number of benzene rings is 1. The van der Waals surface area contributed by atoms with E-state index in [-0.39, 0.29) is 5.91 Å². The highest BCUT2D eigenvalue weighted by Crippen LogP contribution is 2.28. The van der Waals surface area contributed by atoms with Crippen molar-refractivity contribution in [3.05, 3.63) is 46.0 Å². The lowest BCUT2D eigenvalue weighted by Gasteiger charge is -2.15. The zero-order valence-corrected chi connectivity index (χ0v) is 15.1. The molecule has 0 aliphatic carbocycles. The maximum atomic E-state index is 12.1. The molecule has 116 valence electrons. The van der Waals surface area contributed by atoms with E-state index < -0.39 is 6.10 Å². The van der Waals surface area contributed by atoms with Crippen LogP contribution >= 0.6 is 39.3 Å². The van der Waals surface area contributed by atoms with Crippen molar-refractivity contribution in [2.45, 2.75) is 18.1 Å². The van der Waals surface area contributed by atoms with Crippen LogP contribution in [0.2, 0.25) is 5.02 Å². The predicted molar refractivity (Wildman–Crippen MR) is 93.9 cm³/mol. The number of rotatable bonds is 5. The minimum Gasteiger partial charge on any atom is -0.480 e. The van der Waals surface area contributed by atoms with Crippen molar-refractivity contribution < 1.29 is 9.53 Å². The maximum absolute atomic E-state index is 12.1. The Labute approximate surface area is 146 Å². The number of ether oxygens (including phenoxy) is 1. The lowest BCUT2D eigenvalue weighted by molar-refractivity contribution is -0.122. The molecule has 0 saturated heterocycles. The molecule has 0 radical (unpaired) electrons. The van der Waals surface area contributed by atoms with Crippen LogP contribution in [0.25, 0.3) is 0 Å². The molecule has 4 nitrogen and oxygen atoms in total. The van der Waals surface area contributed by atoms with Crippen LogP contribution < -0.4 is 10.1 Å². The van der Waals surface area contributed by atoms with Gasteiger partial charge >= 0.3 is 0 Å². The van der Waals surface area contributed by atoms with E-state index in [1.165, 1.54) is 0 Å². The zero-order chi connectivity index (χ0) is 16.1. The van der Waals surface area contributed by atoms with Gasteiger partial charge in [0.15, 0.2) is 6.10 Å². The monoisotopic (exact) mass is 400 g/mol. The molecule has 1 unspecified atom stereocenters. The number of carbonyl (C=O) groups is 1. The summed E-state index contributed by atoms with van der Waals surface area (Å²) < 4.78 is 6.34. The Morgan fingerprint density at radius 2 is 2.18 bits per heavy atom. The van der Waals surface area contributed by atoms with Crippen molar-refractivity contribution >= 4 is 50.9 Å². The van der Waals surface area contributed by atoms with Crippen LogP contribution in [0.4, 0.5) is 5.69 Å². The van der Waals surface area contributed by atoms with Crippen LogP contribution in [-0.4, -0.2) is 23.3 Å². The van der Waals surface area contributed by atoms with Gasteiger partial charge < -0.3 is 10.1 Å². The number of hydrogen-bond donors (Lipinski definition) is 1. The molecule has 0 fully saturated rings. The first-order valence-electron chi connectivity index (χ1n) is 6.42. The minimum atomic E-state index is -0.655. The average molecular weight is 402 g/mol. The van der Waals surface area contributed by atoms with Crippen molar-refractivity contribution in [3.63, 3.8) is 0 Å². The fourth-order valence-electron chi connectivity index (χ4n) is 1.63. The second-order valence-electron chi connectivity index (χ2n) is 4.41. The van der Waals surface area contributed by atoms with E-state index in [2.05, 4.69) is 26.2 Å². The number of carbonyl (C=O) groups excluding carboxylic acids is 1. The Bertz CT molecular complexity index is 667. The SMILES string of the molecule is CSc1ccc(NC(=O)C(C)Oc2ccc(Cl)cc2Br)cn1. The lowest BCUT2D eigenvalue weighted by Crippen LogP contribution is -2.30. The Balaban J connectivity index is 1.99. The number of thioether (sulfide) groups is 1. The van der Waals surface area contributed by atoms with Crippen molar-refractivity contribution in [2.75, 3.05) is 11.6 Å². The van der Waals surface area contributed by atoms with Gasteiger partial charge in [0, 0.05) is 5.02 Å². The van der Waals surface area contributed by atoms with Gasteiger partial charge in [0.05, 0.1) is 21.4 Å². The molecule has 0 aliphatic rings. The van der Waals surface area contributed by atoms with Crippen LogP contribution in [0, 0.1) is 0 Å². The van der Waals surface area contributed by atoms with Crippen molar-refractivity contribution in [3.8, 4) is 5.75 Å². The molecular weight excluding hydrogens is 388 g/mol. The number of hydrogen-bond acceptors (Lipinski definition) is 4. The molecule has 1 heterocycles. The second-order valence-corrected chi connectivity index (χ2v) is 6.53. The number of aromatic nitrogens is 1. The molecule has 1 N–H and O–H groups in total. The first-order chi connectivity index (χ1) is 10.5. The number of anilines is 1. The molecule has 1 aromatic heterocycles. The van der Waals surface area contributed by atoms with Gasteiger partial charge in [-0.2, -0.15) is 0 Å². The summed E-state index contributed by atoms with van der Waals surface area (Å²) in [4.78, 5) is 16.3. The van der Waals surface area contributed by atoms with E-state index in [1.807, 2.05) is 18.4 Å². The van der Waals surface area contributed by atoms with E-state index in [1.54, 1.807) is 43.1 Å². The highest BCUT2D eigenvalue weighted by Gasteiger charge is 2.16. The predicted octanol–water partition coefficient (Wildman–Crippen LogP) is 4.63. The van der Waals surface area contributed by atoms with Crippen LogP contribution in [-0.2, 0) is 4.79 Å². The zero-order valence-electron chi connectivity index (χ0n) is 12.0. The standard InChI is InChI=1S/C15H14BrClN2O2S/c1-9(21-13-5-3-10(17)7-12(13)16)15(20)19-11-4-6-14(22-2)18-8-11/h3-9H,1-2H3,(H,19,20). The van der Waals surface area contributed by atoms with Crippen LogP contribution in [0.5, 0.6) is 5.75 Å². The summed E-state index contributed by atoms with van der Waals surface area (Å²) in [5.41, 5.74) is 0.633. The third kappa shape index (κ3) is 4.63. The molecule has 22 heavy (non-hydrogen) atoms. The van der Waals surface area contributed by atoms with Crippen molar-refractivity contribution in [1.82, 2.24) is 4.98 Å². The van der Waals surface area contributed by atoms with Gasteiger partial charge in [-0.15, -0.1) is 11.8 Å². The van der Waals surface area contributed by atoms with Gasteiger partial charge in [0.1, 0.15) is 5.75 Å². The number of amides is 1. The first-order valence-corrected chi connectivity index (χ1v) is 8.82. The van der Waals surface area contributed by atoms with Gasteiger partial charge in [-0.3, -0.25) is 4.79 Å². The fraction of sp³-hybridized carbons (Fsp3) is 0.200. The van der Waals surface area contributed by atoms with E-state index in [0.717, 1.165) is 5.03 Å². The summed E-state index contributed by atoms with van der Waals surface area (Å²) in [6.45, 7) is 1.68. The van der Waals surface area contributed by atoms with Gasteiger partial charge in [0.2, 0.25) is 0 Å². The molecule has 0 aliphatic heterocycles. The van der Waals surface area contributed by atoms with Gasteiger partial charge in [-0.05, 0) is 59.4 Å². The highest BCUT2D eigenvalue weighted by molar-refractivity contribution is 9.10. The average Bonchev–Trinajstić information content (AvgIpc) is 2.50. The van der Waals surface area contributed by atoms with Crippen molar-refractivity contribution in [1.29, 1.82) is 0 Å². The minimum absolute atomic E-state index is 0.249. The maximum Gasteiger partial charge on any atom is 0.265 e. The molecule has 2 aromatic rings. The quantitative estimate of drug-likeness (QED) is 0.742. The Morgan fingerprint density at radius 3 is 2.77 bits per heavy atom. The Kier molecular flexibility index (Phi) is 6.11. The number of nitrogens with zero attached hydrogens (tertiary/aromatic N) is 1. The van der Waals surface area contributed by atoms with Crippen LogP contribution in [0.1, 0.15) is 6.92 Å². The van der Waals surface area contributed by atoms with E-state index in [4.69, 9.17) is 16.3 Å². The third-order valence-electron chi connectivity index (χ3n) is 2.78. The summed E-state index contributed by atoms with van der Waals surface area (Å²) in [6.07, 6.45) is 2.91. The normalized spacial score (nSPS) is 11.8. The topological polar surface area (TPSA) is 51.2 Å².